The number of fused-ring (bicyclic) bond motifs is 3. The number of nitrogens with zero attached hydrogens (tertiary/aromatic N) is 6. The molecule has 0 saturated carbocycles. The van der Waals surface area contributed by atoms with E-state index in [1.807, 2.05) is 6.92 Å². The molecule has 1 fully saturated rings. The van der Waals surface area contributed by atoms with E-state index in [9.17, 15) is 9.18 Å². The fraction of sp³-hybridized carbons (Fsp3) is 0.455. The third-order valence-corrected chi connectivity index (χ3v) is 5.95. The van der Waals surface area contributed by atoms with E-state index in [0.29, 0.717) is 61.0 Å². The zero-order valence-corrected chi connectivity index (χ0v) is 18.5. The molecule has 4 heterocycles. The van der Waals surface area contributed by atoms with E-state index >= 15 is 0 Å². The van der Waals surface area contributed by atoms with Crippen molar-refractivity contribution in [2.75, 3.05) is 46.6 Å². The highest BCUT2D eigenvalue weighted by Crippen LogP contribution is 2.25. The number of benzene rings is 1. The lowest BCUT2D eigenvalue weighted by Gasteiger charge is -2.27. The van der Waals surface area contributed by atoms with Gasteiger partial charge in [0.15, 0.2) is 11.5 Å². The Kier molecular flexibility index (Phi) is 5.92. The molecule has 1 unspecified atom stereocenters. The first-order valence-electron chi connectivity index (χ1n) is 10.9. The fourth-order valence-electron chi connectivity index (χ4n) is 4.19. The van der Waals surface area contributed by atoms with Crippen molar-refractivity contribution in [3.05, 3.63) is 46.5 Å². The molecule has 11 heteroatoms. The van der Waals surface area contributed by atoms with Crippen LogP contribution in [0.1, 0.15) is 18.7 Å². The summed E-state index contributed by atoms with van der Waals surface area (Å²) in [5, 5.41) is 4.03. The van der Waals surface area contributed by atoms with Gasteiger partial charge >= 0.3 is 0 Å². The number of ether oxygens (including phenoxy) is 2. The van der Waals surface area contributed by atoms with Gasteiger partial charge in [0, 0.05) is 39.2 Å². The zero-order valence-electron chi connectivity index (χ0n) is 18.5. The lowest BCUT2D eigenvalue weighted by Crippen LogP contribution is -2.39. The van der Waals surface area contributed by atoms with Crippen LogP contribution in [0.5, 0.6) is 0 Å². The van der Waals surface area contributed by atoms with Crippen molar-refractivity contribution < 1.29 is 18.4 Å². The van der Waals surface area contributed by atoms with Crippen molar-refractivity contribution in [1.29, 1.82) is 0 Å². The molecule has 0 radical (unpaired) electrons. The Hall–Kier alpha value is -3.15. The number of imidazole rings is 1. The van der Waals surface area contributed by atoms with Crippen LogP contribution in [0.2, 0.25) is 0 Å². The Morgan fingerprint density at radius 3 is 2.82 bits per heavy atom. The molecule has 33 heavy (non-hydrogen) atoms. The molecule has 3 aromatic heterocycles. The molecule has 5 rings (SSSR count). The summed E-state index contributed by atoms with van der Waals surface area (Å²) in [6.07, 6.45) is 1.53. The summed E-state index contributed by atoms with van der Waals surface area (Å²) in [4.78, 5) is 24.7. The second kappa shape index (κ2) is 9.00. The number of aromatic nitrogens is 5. The van der Waals surface area contributed by atoms with Crippen LogP contribution < -0.4 is 5.56 Å². The van der Waals surface area contributed by atoms with E-state index in [1.165, 1.54) is 18.5 Å². The molecule has 0 aliphatic carbocycles. The number of hydrogen-bond donors (Lipinski definition) is 0. The van der Waals surface area contributed by atoms with Crippen molar-refractivity contribution in [2.24, 2.45) is 0 Å². The van der Waals surface area contributed by atoms with Crippen LogP contribution in [0.15, 0.2) is 33.8 Å². The highest BCUT2D eigenvalue weighted by molar-refractivity contribution is 5.83. The van der Waals surface area contributed by atoms with Gasteiger partial charge in [-0.3, -0.25) is 14.1 Å². The van der Waals surface area contributed by atoms with Crippen molar-refractivity contribution in [3.63, 3.8) is 0 Å². The minimum Gasteiger partial charge on any atom is -0.384 e. The zero-order chi connectivity index (χ0) is 22.9. The van der Waals surface area contributed by atoms with Gasteiger partial charge in [-0.2, -0.15) is 4.98 Å². The highest BCUT2D eigenvalue weighted by Gasteiger charge is 2.23. The summed E-state index contributed by atoms with van der Waals surface area (Å²) in [6.45, 7) is 6.33. The average Bonchev–Trinajstić information content (AvgIpc) is 3.47. The lowest BCUT2D eigenvalue weighted by atomic mass is 10.2. The maximum absolute atomic E-state index is 14.1. The molecule has 4 aromatic rings. The van der Waals surface area contributed by atoms with Gasteiger partial charge in [-0.1, -0.05) is 12.1 Å². The lowest BCUT2D eigenvalue weighted by molar-refractivity contribution is 0.0364. The highest BCUT2D eigenvalue weighted by atomic mass is 19.1. The number of hydrogen-bond acceptors (Lipinski definition) is 8. The SMILES string of the molecule is COCC(C)c1noc(-c2ncn3c2c(=O)n(CCN2CCOCC2)c2cc(F)ccc23)n1. The maximum Gasteiger partial charge on any atom is 0.278 e. The first-order valence-corrected chi connectivity index (χ1v) is 10.9. The third kappa shape index (κ3) is 4.03. The summed E-state index contributed by atoms with van der Waals surface area (Å²) in [6, 6.07) is 4.40. The van der Waals surface area contributed by atoms with Crippen LogP contribution in [0.3, 0.4) is 0 Å². The Bertz CT molecular complexity index is 1340. The third-order valence-electron chi connectivity index (χ3n) is 5.95. The van der Waals surface area contributed by atoms with E-state index in [0.717, 1.165) is 13.1 Å². The van der Waals surface area contributed by atoms with Crippen molar-refractivity contribution in [1.82, 2.24) is 29.0 Å². The first kappa shape index (κ1) is 21.7. The second-order valence-electron chi connectivity index (χ2n) is 8.17. The van der Waals surface area contributed by atoms with Gasteiger partial charge in [0.05, 0.1) is 30.9 Å². The molecule has 0 bridgehead atoms. The first-order chi connectivity index (χ1) is 16.1. The Balaban J connectivity index is 1.62. The van der Waals surface area contributed by atoms with E-state index in [-0.39, 0.29) is 17.4 Å². The van der Waals surface area contributed by atoms with Crippen LogP contribution in [0.4, 0.5) is 4.39 Å². The van der Waals surface area contributed by atoms with Crippen LogP contribution >= 0.6 is 0 Å². The summed E-state index contributed by atoms with van der Waals surface area (Å²) in [5.41, 5.74) is 1.49. The molecule has 1 aromatic carbocycles. The fourth-order valence-corrected chi connectivity index (χ4v) is 4.19. The minimum atomic E-state index is -0.407. The smallest absolute Gasteiger partial charge is 0.278 e. The van der Waals surface area contributed by atoms with E-state index in [4.69, 9.17) is 14.0 Å². The molecule has 10 nitrogen and oxygen atoms in total. The van der Waals surface area contributed by atoms with Gasteiger partial charge in [-0.25, -0.2) is 9.37 Å². The normalized spacial score (nSPS) is 16.1. The van der Waals surface area contributed by atoms with Crippen LogP contribution in [-0.2, 0) is 16.0 Å². The molecular formula is C22H25FN6O4. The van der Waals surface area contributed by atoms with Crippen LogP contribution in [-0.4, -0.2) is 75.6 Å². The van der Waals surface area contributed by atoms with Crippen molar-refractivity contribution in [3.8, 4) is 11.6 Å². The number of halogens is 1. The summed E-state index contributed by atoms with van der Waals surface area (Å²) < 4.78 is 33.4. The molecular weight excluding hydrogens is 431 g/mol. The van der Waals surface area contributed by atoms with E-state index in [1.54, 1.807) is 22.1 Å². The number of methoxy groups -OCH3 is 1. The van der Waals surface area contributed by atoms with Gasteiger partial charge in [0.2, 0.25) is 0 Å². The van der Waals surface area contributed by atoms with Gasteiger partial charge in [0.1, 0.15) is 17.7 Å². The van der Waals surface area contributed by atoms with E-state index in [2.05, 4.69) is 20.0 Å². The molecule has 1 atom stereocenters. The van der Waals surface area contributed by atoms with Crippen molar-refractivity contribution in [2.45, 2.75) is 19.4 Å². The molecule has 1 aliphatic rings. The Morgan fingerprint density at radius 1 is 1.21 bits per heavy atom. The molecule has 0 spiro atoms. The maximum atomic E-state index is 14.1. The molecule has 1 saturated heterocycles. The molecule has 174 valence electrons. The molecule has 1 aliphatic heterocycles. The largest absolute Gasteiger partial charge is 0.384 e. The van der Waals surface area contributed by atoms with E-state index < -0.39 is 5.82 Å². The topological polar surface area (TPSA) is 99.9 Å². The van der Waals surface area contributed by atoms with Gasteiger partial charge < -0.3 is 18.6 Å². The van der Waals surface area contributed by atoms with Gasteiger partial charge in [-0.05, 0) is 18.2 Å². The quantitative estimate of drug-likeness (QED) is 0.416. The predicted octanol–water partition coefficient (Wildman–Crippen LogP) is 1.92. The molecule has 0 N–H and O–H groups in total. The van der Waals surface area contributed by atoms with Crippen molar-refractivity contribution >= 4 is 16.6 Å². The predicted molar refractivity (Wildman–Crippen MR) is 118 cm³/mol. The number of morpholine rings is 1. The standard InChI is InChI=1S/C22H25FN6O4/c1-14(12-31-2)20-25-21(33-26-20)18-19-22(30)28(6-5-27-7-9-32-10-8-27)17-11-15(23)3-4-16(17)29(19)13-24-18/h3-4,11,13-14H,5-10,12H2,1-2H3. The summed E-state index contributed by atoms with van der Waals surface area (Å²) in [5.74, 6) is 0.156. The second-order valence-corrected chi connectivity index (χ2v) is 8.17. The van der Waals surface area contributed by atoms with Crippen LogP contribution in [0, 0.1) is 5.82 Å². The summed E-state index contributed by atoms with van der Waals surface area (Å²) >= 11 is 0. The number of rotatable bonds is 7. The van der Waals surface area contributed by atoms with Crippen LogP contribution in [0.25, 0.3) is 28.1 Å². The Morgan fingerprint density at radius 2 is 2.03 bits per heavy atom. The average molecular weight is 456 g/mol. The van der Waals surface area contributed by atoms with Gasteiger partial charge in [-0.15, -0.1) is 0 Å². The van der Waals surface area contributed by atoms with Gasteiger partial charge in [0.25, 0.3) is 11.4 Å². The molecule has 0 amide bonds. The minimum absolute atomic E-state index is 0.0737. The summed E-state index contributed by atoms with van der Waals surface area (Å²) in [7, 11) is 1.60. The monoisotopic (exact) mass is 456 g/mol. The Labute approximate surface area is 188 Å².